The van der Waals surface area contributed by atoms with Crippen molar-refractivity contribution >= 4 is 29.1 Å². The summed E-state index contributed by atoms with van der Waals surface area (Å²) >= 11 is 0. The van der Waals surface area contributed by atoms with Crippen molar-refractivity contribution in [3.05, 3.63) is 65.2 Å². The number of amides is 2. The third-order valence-corrected chi connectivity index (χ3v) is 8.57. The molecule has 2 aliphatic rings. The van der Waals surface area contributed by atoms with E-state index in [-0.39, 0.29) is 37.4 Å². The maximum atomic E-state index is 13.8. The summed E-state index contributed by atoms with van der Waals surface area (Å²) in [6.07, 6.45) is -4.85. The number of hydrogen-bond donors (Lipinski definition) is 2. The number of carbonyl (C=O) groups is 4. The minimum Gasteiger partial charge on any atom is -0.338 e. The van der Waals surface area contributed by atoms with E-state index in [0.29, 0.717) is 12.1 Å². The monoisotopic (exact) mass is 581 g/mol. The van der Waals surface area contributed by atoms with E-state index in [1.807, 2.05) is 49.4 Å². The Morgan fingerprint density at radius 2 is 1.74 bits per heavy atom. The number of alkyl halides is 3. The summed E-state index contributed by atoms with van der Waals surface area (Å²) < 4.78 is 38.9. The molecule has 0 bridgehead atoms. The van der Waals surface area contributed by atoms with Gasteiger partial charge in [-0.2, -0.15) is 18.4 Å². The van der Waals surface area contributed by atoms with E-state index in [0.717, 1.165) is 16.7 Å². The van der Waals surface area contributed by atoms with Crippen LogP contribution in [0.3, 0.4) is 0 Å². The van der Waals surface area contributed by atoms with E-state index in [1.54, 1.807) is 11.4 Å². The summed E-state index contributed by atoms with van der Waals surface area (Å²) in [6.45, 7) is 4.95. The normalized spacial score (nSPS) is 22.8. The van der Waals surface area contributed by atoms with Crippen LogP contribution < -0.4 is 10.6 Å². The van der Waals surface area contributed by atoms with Gasteiger partial charge in [0.15, 0.2) is 5.78 Å². The van der Waals surface area contributed by atoms with Crippen LogP contribution in [0.4, 0.5) is 18.9 Å². The Morgan fingerprint density at radius 1 is 1.07 bits per heavy atom. The van der Waals surface area contributed by atoms with Crippen LogP contribution in [-0.4, -0.2) is 35.6 Å². The van der Waals surface area contributed by atoms with E-state index < -0.39 is 53.0 Å². The first kappa shape index (κ1) is 30.9. The molecule has 2 N–H and O–H groups in total. The predicted octanol–water partition coefficient (Wildman–Crippen LogP) is 5.22. The highest BCUT2D eigenvalue weighted by atomic mass is 19.4. The summed E-state index contributed by atoms with van der Waals surface area (Å²) in [4.78, 5) is 51.9. The van der Waals surface area contributed by atoms with Crippen LogP contribution >= 0.6 is 0 Å². The molecular weight excluding hydrogens is 547 g/mol. The van der Waals surface area contributed by atoms with Crippen molar-refractivity contribution in [1.82, 2.24) is 5.32 Å². The Bertz CT molecular complexity index is 1410. The molecule has 10 heteroatoms. The minimum atomic E-state index is -5.15. The number of nitrogens with zero attached hydrogens (tertiary/aromatic N) is 1. The van der Waals surface area contributed by atoms with Crippen LogP contribution in [0.25, 0.3) is 0 Å². The van der Waals surface area contributed by atoms with Gasteiger partial charge >= 0.3 is 12.1 Å². The molecule has 0 saturated heterocycles. The second-order valence-corrected chi connectivity index (χ2v) is 11.9. The van der Waals surface area contributed by atoms with Gasteiger partial charge in [0, 0.05) is 24.4 Å². The number of benzene rings is 2. The zero-order valence-electron chi connectivity index (χ0n) is 23.8. The first-order valence-electron chi connectivity index (χ1n) is 14.0. The number of ketones is 2. The Hall–Kier alpha value is -4.00. The second-order valence-electron chi connectivity index (χ2n) is 11.9. The van der Waals surface area contributed by atoms with E-state index >= 15 is 0 Å². The van der Waals surface area contributed by atoms with Crippen molar-refractivity contribution in [2.24, 2.45) is 23.7 Å². The lowest BCUT2D eigenvalue weighted by atomic mass is 9.78. The molecule has 4 rings (SSSR count). The fourth-order valence-electron chi connectivity index (χ4n) is 6.31. The predicted molar refractivity (Wildman–Crippen MR) is 149 cm³/mol. The van der Waals surface area contributed by atoms with Gasteiger partial charge in [-0.3, -0.25) is 19.2 Å². The number of carbonyl (C=O) groups excluding carboxylic acids is 4. The zero-order valence-corrected chi connectivity index (χ0v) is 23.8. The lowest BCUT2D eigenvalue weighted by Gasteiger charge is -2.25. The fourth-order valence-corrected chi connectivity index (χ4v) is 6.31. The summed E-state index contributed by atoms with van der Waals surface area (Å²) in [7, 11) is 0. The van der Waals surface area contributed by atoms with Crippen molar-refractivity contribution in [3.8, 4) is 6.07 Å². The Balaban J connectivity index is 1.57. The molecule has 5 atom stereocenters. The second kappa shape index (κ2) is 12.1. The average molecular weight is 582 g/mol. The van der Waals surface area contributed by atoms with Crippen molar-refractivity contribution in [1.29, 1.82) is 5.26 Å². The van der Waals surface area contributed by atoms with Gasteiger partial charge in [-0.05, 0) is 55.2 Å². The number of nitrogens with one attached hydrogen (secondary N) is 2. The number of hydrogen-bond acceptors (Lipinski definition) is 5. The molecule has 2 amide bonds. The van der Waals surface area contributed by atoms with Crippen LogP contribution in [0.15, 0.2) is 48.5 Å². The zero-order chi connectivity index (χ0) is 30.8. The van der Waals surface area contributed by atoms with Crippen LogP contribution in [0.5, 0.6) is 0 Å². The maximum absolute atomic E-state index is 13.8. The maximum Gasteiger partial charge on any atom is 0.471 e. The highest BCUT2D eigenvalue weighted by molar-refractivity contribution is 6.06. The van der Waals surface area contributed by atoms with Gasteiger partial charge in [0.25, 0.3) is 0 Å². The van der Waals surface area contributed by atoms with Gasteiger partial charge in [0.2, 0.25) is 5.91 Å². The number of nitriles is 1. The average Bonchev–Trinajstić information content (AvgIpc) is 3.43. The molecule has 222 valence electrons. The molecule has 2 aromatic carbocycles. The van der Waals surface area contributed by atoms with E-state index in [2.05, 4.69) is 11.4 Å². The Morgan fingerprint density at radius 3 is 2.36 bits per heavy atom. The summed E-state index contributed by atoms with van der Waals surface area (Å²) in [6, 6.07) is 15.5. The molecule has 0 radical (unpaired) electrons. The number of Topliss-reactive ketones (excluding diaryl/α,β-unsaturated/α-hetero) is 2. The van der Waals surface area contributed by atoms with E-state index in [4.69, 9.17) is 0 Å². The quantitative estimate of drug-likeness (QED) is 0.400. The van der Waals surface area contributed by atoms with Crippen molar-refractivity contribution in [3.63, 3.8) is 0 Å². The van der Waals surface area contributed by atoms with Crippen molar-refractivity contribution in [2.75, 3.05) is 5.32 Å². The topological polar surface area (TPSA) is 116 Å². The summed E-state index contributed by atoms with van der Waals surface area (Å²) in [5, 5.41) is 14.7. The number of aryl methyl sites for hydroxylation is 1. The number of halogens is 3. The molecular formula is C32H34F3N3O4. The van der Waals surface area contributed by atoms with Crippen LogP contribution in [-0.2, 0) is 31.0 Å². The number of fused-ring (bicyclic) bond motifs is 2. The largest absolute Gasteiger partial charge is 0.471 e. The first-order chi connectivity index (χ1) is 19.7. The number of rotatable bonds is 10. The molecule has 2 aromatic rings. The van der Waals surface area contributed by atoms with Crippen molar-refractivity contribution < 1.29 is 32.3 Å². The van der Waals surface area contributed by atoms with Gasteiger partial charge in [-0.15, -0.1) is 0 Å². The van der Waals surface area contributed by atoms with Crippen LogP contribution in [0.1, 0.15) is 56.2 Å². The molecule has 1 spiro atoms. The molecule has 1 saturated carbocycles. The molecule has 42 heavy (non-hydrogen) atoms. The molecule has 1 aliphatic carbocycles. The molecule has 0 aromatic heterocycles. The van der Waals surface area contributed by atoms with Crippen LogP contribution in [0.2, 0.25) is 0 Å². The smallest absolute Gasteiger partial charge is 0.338 e. The Kier molecular flexibility index (Phi) is 8.90. The molecule has 1 fully saturated rings. The molecule has 1 heterocycles. The first-order valence-corrected chi connectivity index (χ1v) is 14.0. The molecule has 7 nitrogen and oxygen atoms in total. The lowest BCUT2D eigenvalue weighted by molar-refractivity contribution is -0.175. The van der Waals surface area contributed by atoms with E-state index in [1.165, 1.54) is 13.8 Å². The number of anilines is 1. The van der Waals surface area contributed by atoms with E-state index in [9.17, 15) is 37.6 Å². The third kappa shape index (κ3) is 6.40. The highest BCUT2D eigenvalue weighted by Gasteiger charge is 2.55. The van der Waals surface area contributed by atoms with Gasteiger partial charge in [0.1, 0.15) is 5.78 Å². The fraction of sp³-hybridized carbons (Fsp3) is 0.469. The standard InChI is InChI=1S/C32H34F3N3O4/c1-18(2)28(38-30(42)32(33,34)35)27(40)13-21(12-20-10-8-19(3)9-11-20)26(39)14-22-15-31(16-23(22)17-36)24-6-4-5-7-25(24)37-29(31)41/h4-11,18,21-23,28H,12-16H2,1-3H3,(H,37,41)(H,38,42)/t21-,22?,23+,28+,31-/m1/s1. The Labute approximate surface area is 242 Å². The van der Waals surface area contributed by atoms with Gasteiger partial charge in [0.05, 0.1) is 23.4 Å². The SMILES string of the molecule is Cc1ccc(C[C@H](CC(=O)[C@@H](NC(=O)C(F)(F)F)C(C)C)C(=O)CC2C[C@]3(C[C@H]2C#N)C(=O)Nc2ccccc23)cc1. The van der Waals surface area contributed by atoms with Gasteiger partial charge in [-0.25, -0.2) is 0 Å². The minimum absolute atomic E-state index is 0.0551. The molecule has 1 aliphatic heterocycles. The molecule has 1 unspecified atom stereocenters. The van der Waals surface area contributed by atoms with Gasteiger partial charge in [-0.1, -0.05) is 61.9 Å². The van der Waals surface area contributed by atoms with Crippen molar-refractivity contribution in [2.45, 2.75) is 70.5 Å². The summed E-state index contributed by atoms with van der Waals surface area (Å²) in [5.74, 6) is -5.93. The van der Waals surface area contributed by atoms with Gasteiger partial charge < -0.3 is 10.6 Å². The highest BCUT2D eigenvalue weighted by Crippen LogP contribution is 2.54. The summed E-state index contributed by atoms with van der Waals surface area (Å²) in [5.41, 5.74) is 2.34. The van der Waals surface area contributed by atoms with Crippen LogP contribution in [0, 0.1) is 41.9 Å². The lowest BCUT2D eigenvalue weighted by Crippen LogP contribution is -2.50. The number of para-hydroxylation sites is 1. The third-order valence-electron chi connectivity index (χ3n) is 8.57.